The molecule has 1 unspecified atom stereocenters. The smallest absolute Gasteiger partial charge is 0.254 e. The number of hydrogen-bond donors (Lipinski definition) is 1. The van der Waals surface area contributed by atoms with Crippen molar-refractivity contribution in [2.24, 2.45) is 11.7 Å². The zero-order valence-corrected chi connectivity index (χ0v) is 15.4. The van der Waals surface area contributed by atoms with Crippen molar-refractivity contribution in [1.29, 1.82) is 0 Å². The Bertz CT molecular complexity index is 723. The summed E-state index contributed by atoms with van der Waals surface area (Å²) in [6.45, 7) is 4.42. The monoisotopic (exact) mass is 373 g/mol. The molecule has 24 heavy (non-hydrogen) atoms. The second kappa shape index (κ2) is 7.29. The number of nitrogens with zero attached hydrogens (tertiary/aromatic N) is 2. The summed E-state index contributed by atoms with van der Waals surface area (Å²) in [6.07, 6.45) is 1.60. The third-order valence-corrected chi connectivity index (χ3v) is 6.60. The standard InChI is InChI=1S/C16H23N3O3S.ClH/c1-12-9-14(19-6-2-8-23(19,21)22)3-4-15(12)16(20)18-7-5-13(10-17)11-18;/h3-4,9,13H,2,5-8,10-11,17H2,1H3;1H. The third kappa shape index (κ3) is 3.53. The van der Waals surface area contributed by atoms with Gasteiger partial charge in [-0.25, -0.2) is 8.42 Å². The van der Waals surface area contributed by atoms with Crippen LogP contribution in [0.5, 0.6) is 0 Å². The Balaban J connectivity index is 0.00000208. The van der Waals surface area contributed by atoms with E-state index in [1.54, 1.807) is 18.2 Å². The Kier molecular flexibility index (Phi) is 5.78. The fourth-order valence-corrected chi connectivity index (χ4v) is 4.91. The molecule has 0 saturated carbocycles. The number of rotatable bonds is 3. The van der Waals surface area contributed by atoms with E-state index in [-0.39, 0.29) is 24.1 Å². The topological polar surface area (TPSA) is 83.7 Å². The largest absolute Gasteiger partial charge is 0.338 e. The molecular formula is C16H24ClN3O3S. The number of nitrogens with two attached hydrogens (primary N) is 1. The van der Waals surface area contributed by atoms with Crippen LogP contribution in [0.25, 0.3) is 0 Å². The van der Waals surface area contributed by atoms with Gasteiger partial charge < -0.3 is 10.6 Å². The molecule has 2 heterocycles. The first-order valence-corrected chi connectivity index (χ1v) is 9.63. The zero-order valence-electron chi connectivity index (χ0n) is 13.8. The minimum absolute atomic E-state index is 0. The number of amides is 1. The molecule has 1 aromatic carbocycles. The van der Waals surface area contributed by atoms with Gasteiger partial charge in [-0.1, -0.05) is 0 Å². The van der Waals surface area contributed by atoms with Gasteiger partial charge >= 0.3 is 0 Å². The van der Waals surface area contributed by atoms with E-state index in [0.29, 0.717) is 43.2 Å². The average molecular weight is 374 g/mol. The highest BCUT2D eigenvalue weighted by atomic mass is 35.5. The number of hydrogen-bond acceptors (Lipinski definition) is 4. The van der Waals surface area contributed by atoms with Crippen LogP contribution < -0.4 is 10.0 Å². The van der Waals surface area contributed by atoms with Crippen molar-refractivity contribution in [3.8, 4) is 0 Å². The summed E-state index contributed by atoms with van der Waals surface area (Å²) >= 11 is 0. The summed E-state index contributed by atoms with van der Waals surface area (Å²) < 4.78 is 25.5. The highest BCUT2D eigenvalue weighted by Crippen LogP contribution is 2.27. The van der Waals surface area contributed by atoms with Gasteiger partial charge in [-0.05, 0) is 56.0 Å². The molecule has 2 N–H and O–H groups in total. The van der Waals surface area contributed by atoms with E-state index in [4.69, 9.17) is 5.73 Å². The average Bonchev–Trinajstić information content (AvgIpc) is 3.12. The first-order chi connectivity index (χ1) is 10.9. The van der Waals surface area contributed by atoms with Gasteiger partial charge in [-0.15, -0.1) is 12.4 Å². The van der Waals surface area contributed by atoms with E-state index in [2.05, 4.69) is 0 Å². The number of sulfonamides is 1. The highest BCUT2D eigenvalue weighted by Gasteiger charge is 2.30. The van der Waals surface area contributed by atoms with Crippen LogP contribution in [0, 0.1) is 12.8 Å². The molecule has 2 aliphatic heterocycles. The van der Waals surface area contributed by atoms with Gasteiger partial charge in [0.15, 0.2) is 0 Å². The molecule has 0 bridgehead atoms. The summed E-state index contributed by atoms with van der Waals surface area (Å²) in [5.74, 6) is 0.587. The predicted octanol–water partition coefficient (Wildman–Crippen LogP) is 1.38. The SMILES string of the molecule is Cc1cc(N2CCCS2(=O)=O)ccc1C(=O)N1CCC(CN)C1.Cl. The lowest BCUT2D eigenvalue weighted by Crippen LogP contribution is -2.30. The quantitative estimate of drug-likeness (QED) is 0.867. The molecule has 6 nitrogen and oxygen atoms in total. The molecule has 3 rings (SSSR count). The number of aryl methyl sites for hydroxylation is 1. The van der Waals surface area contributed by atoms with Crippen molar-refractivity contribution < 1.29 is 13.2 Å². The van der Waals surface area contributed by atoms with E-state index in [1.165, 1.54) is 4.31 Å². The van der Waals surface area contributed by atoms with Gasteiger partial charge in [0.05, 0.1) is 11.4 Å². The molecule has 0 spiro atoms. The van der Waals surface area contributed by atoms with Crippen LogP contribution in [0.2, 0.25) is 0 Å². The molecule has 2 aliphatic rings. The zero-order chi connectivity index (χ0) is 16.6. The Hall–Kier alpha value is -1.31. The van der Waals surface area contributed by atoms with E-state index < -0.39 is 10.0 Å². The van der Waals surface area contributed by atoms with Crippen LogP contribution in [-0.2, 0) is 10.0 Å². The number of halogens is 1. The van der Waals surface area contributed by atoms with Crippen molar-refractivity contribution in [1.82, 2.24) is 4.90 Å². The molecule has 1 aromatic rings. The maximum atomic E-state index is 12.6. The van der Waals surface area contributed by atoms with Crippen molar-refractivity contribution in [3.05, 3.63) is 29.3 Å². The molecule has 2 fully saturated rings. The van der Waals surface area contributed by atoms with Gasteiger partial charge in [0.25, 0.3) is 5.91 Å². The molecular weight excluding hydrogens is 350 g/mol. The summed E-state index contributed by atoms with van der Waals surface area (Å²) in [7, 11) is -3.19. The lowest BCUT2D eigenvalue weighted by atomic mass is 10.1. The Morgan fingerprint density at radius 1 is 1.33 bits per heavy atom. The minimum atomic E-state index is -3.19. The predicted molar refractivity (Wildman–Crippen MR) is 97.2 cm³/mol. The minimum Gasteiger partial charge on any atom is -0.338 e. The molecule has 0 aromatic heterocycles. The fourth-order valence-electron chi connectivity index (χ4n) is 3.35. The highest BCUT2D eigenvalue weighted by molar-refractivity contribution is 7.93. The molecule has 2 saturated heterocycles. The van der Waals surface area contributed by atoms with Crippen LogP contribution >= 0.6 is 12.4 Å². The Morgan fingerprint density at radius 3 is 2.62 bits per heavy atom. The van der Waals surface area contributed by atoms with Gasteiger partial charge in [-0.3, -0.25) is 9.10 Å². The van der Waals surface area contributed by atoms with Crippen LogP contribution in [0.3, 0.4) is 0 Å². The summed E-state index contributed by atoms with van der Waals surface area (Å²) in [6, 6.07) is 5.28. The molecule has 1 amide bonds. The molecule has 134 valence electrons. The summed E-state index contributed by atoms with van der Waals surface area (Å²) in [5, 5.41) is 0. The lowest BCUT2D eigenvalue weighted by Gasteiger charge is -2.21. The molecule has 1 atom stereocenters. The van der Waals surface area contributed by atoms with Gasteiger partial charge in [0.2, 0.25) is 10.0 Å². The molecule has 0 aliphatic carbocycles. The van der Waals surface area contributed by atoms with E-state index in [0.717, 1.165) is 18.5 Å². The van der Waals surface area contributed by atoms with Crippen molar-refractivity contribution in [3.63, 3.8) is 0 Å². The Labute approximate surface area is 149 Å². The van der Waals surface area contributed by atoms with Gasteiger partial charge in [0, 0.05) is 25.2 Å². The maximum Gasteiger partial charge on any atom is 0.254 e. The lowest BCUT2D eigenvalue weighted by molar-refractivity contribution is 0.0787. The number of likely N-dealkylation sites (tertiary alicyclic amines) is 1. The second-order valence-electron chi connectivity index (χ2n) is 6.38. The number of carbonyl (C=O) groups is 1. The number of benzene rings is 1. The Morgan fingerprint density at radius 2 is 2.08 bits per heavy atom. The molecule has 0 radical (unpaired) electrons. The van der Waals surface area contributed by atoms with Crippen molar-refractivity contribution in [2.45, 2.75) is 19.8 Å². The second-order valence-corrected chi connectivity index (χ2v) is 8.40. The number of carbonyl (C=O) groups excluding carboxylic acids is 1. The van der Waals surface area contributed by atoms with E-state index in [1.807, 2.05) is 11.8 Å². The first-order valence-electron chi connectivity index (χ1n) is 8.03. The van der Waals surface area contributed by atoms with Crippen LogP contribution in [0.15, 0.2) is 18.2 Å². The van der Waals surface area contributed by atoms with Crippen LogP contribution in [0.1, 0.15) is 28.8 Å². The molecule has 8 heteroatoms. The normalized spacial score (nSPS) is 22.5. The van der Waals surface area contributed by atoms with Crippen LogP contribution in [0.4, 0.5) is 5.69 Å². The van der Waals surface area contributed by atoms with Gasteiger partial charge in [-0.2, -0.15) is 0 Å². The van der Waals surface area contributed by atoms with Gasteiger partial charge in [0.1, 0.15) is 0 Å². The van der Waals surface area contributed by atoms with Crippen LogP contribution in [-0.4, -0.2) is 51.2 Å². The van der Waals surface area contributed by atoms with E-state index >= 15 is 0 Å². The first kappa shape index (κ1) is 19.0. The fraction of sp³-hybridized carbons (Fsp3) is 0.562. The summed E-state index contributed by atoms with van der Waals surface area (Å²) in [5.41, 5.74) is 7.78. The van der Waals surface area contributed by atoms with E-state index in [9.17, 15) is 13.2 Å². The third-order valence-electron chi connectivity index (χ3n) is 4.73. The van der Waals surface area contributed by atoms with Crippen molar-refractivity contribution >= 4 is 34.0 Å². The number of anilines is 1. The maximum absolute atomic E-state index is 12.6. The summed E-state index contributed by atoms with van der Waals surface area (Å²) in [4.78, 5) is 14.5. The van der Waals surface area contributed by atoms with Crippen molar-refractivity contribution in [2.75, 3.05) is 36.2 Å².